The standard InChI is InChI=1S/C15H15BrN2O2/c16-11-2-3-13(12(17)8-11)18-6-5-10-1-4-14-15(7-10)20-9-19-14/h1-4,7-8,18H,5-6,9,17H2. The van der Waals surface area contributed by atoms with Crippen LogP contribution in [0.25, 0.3) is 0 Å². The summed E-state index contributed by atoms with van der Waals surface area (Å²) in [4.78, 5) is 0. The van der Waals surface area contributed by atoms with E-state index in [-0.39, 0.29) is 0 Å². The van der Waals surface area contributed by atoms with Crippen molar-refractivity contribution in [3.05, 3.63) is 46.4 Å². The highest BCUT2D eigenvalue weighted by Crippen LogP contribution is 2.32. The van der Waals surface area contributed by atoms with Gasteiger partial charge >= 0.3 is 0 Å². The van der Waals surface area contributed by atoms with Crippen LogP contribution in [0, 0.1) is 0 Å². The van der Waals surface area contributed by atoms with Crippen LogP contribution >= 0.6 is 15.9 Å². The van der Waals surface area contributed by atoms with Gasteiger partial charge < -0.3 is 20.5 Å². The van der Waals surface area contributed by atoms with Crippen LogP contribution in [0.4, 0.5) is 11.4 Å². The van der Waals surface area contributed by atoms with E-state index in [1.165, 1.54) is 5.56 Å². The first-order chi connectivity index (χ1) is 9.72. The van der Waals surface area contributed by atoms with Crippen LogP contribution in [0.3, 0.4) is 0 Å². The molecule has 0 atom stereocenters. The van der Waals surface area contributed by atoms with Gasteiger partial charge in [-0.15, -0.1) is 0 Å². The van der Waals surface area contributed by atoms with E-state index in [1.807, 2.05) is 30.3 Å². The normalized spacial score (nSPS) is 12.4. The number of hydrogen-bond acceptors (Lipinski definition) is 4. The van der Waals surface area contributed by atoms with E-state index in [1.54, 1.807) is 0 Å². The van der Waals surface area contributed by atoms with E-state index in [0.717, 1.165) is 40.3 Å². The molecule has 0 bridgehead atoms. The summed E-state index contributed by atoms with van der Waals surface area (Å²) in [5.74, 6) is 1.64. The summed E-state index contributed by atoms with van der Waals surface area (Å²) in [5, 5.41) is 3.34. The predicted octanol–water partition coefficient (Wildman–Crippen LogP) is 3.41. The van der Waals surface area contributed by atoms with Crippen molar-refractivity contribution in [3.8, 4) is 11.5 Å². The van der Waals surface area contributed by atoms with Gasteiger partial charge in [0.2, 0.25) is 6.79 Å². The van der Waals surface area contributed by atoms with Crippen molar-refractivity contribution in [1.29, 1.82) is 0 Å². The van der Waals surface area contributed by atoms with Crippen LogP contribution in [0.1, 0.15) is 5.56 Å². The van der Waals surface area contributed by atoms with Crippen molar-refractivity contribution in [3.63, 3.8) is 0 Å². The lowest BCUT2D eigenvalue weighted by atomic mass is 10.1. The smallest absolute Gasteiger partial charge is 0.231 e. The van der Waals surface area contributed by atoms with Crippen LogP contribution in [-0.2, 0) is 6.42 Å². The molecule has 0 radical (unpaired) electrons. The Kier molecular flexibility index (Phi) is 3.69. The fourth-order valence-corrected chi connectivity index (χ4v) is 2.51. The number of nitrogens with two attached hydrogens (primary N) is 1. The monoisotopic (exact) mass is 334 g/mol. The Morgan fingerprint density at radius 3 is 2.80 bits per heavy atom. The largest absolute Gasteiger partial charge is 0.454 e. The molecular formula is C15H15BrN2O2. The summed E-state index contributed by atoms with van der Waals surface area (Å²) in [5.41, 5.74) is 8.85. The van der Waals surface area contributed by atoms with Gasteiger partial charge in [-0.3, -0.25) is 0 Å². The van der Waals surface area contributed by atoms with E-state index < -0.39 is 0 Å². The second kappa shape index (κ2) is 5.63. The van der Waals surface area contributed by atoms with Crippen LogP contribution in [-0.4, -0.2) is 13.3 Å². The van der Waals surface area contributed by atoms with Crippen molar-refractivity contribution in [2.75, 3.05) is 24.4 Å². The third kappa shape index (κ3) is 2.82. The number of hydrogen-bond donors (Lipinski definition) is 2. The number of nitrogens with one attached hydrogen (secondary N) is 1. The first-order valence-corrected chi connectivity index (χ1v) is 7.19. The molecule has 0 aliphatic carbocycles. The first-order valence-electron chi connectivity index (χ1n) is 6.40. The van der Waals surface area contributed by atoms with Gasteiger partial charge in [0, 0.05) is 11.0 Å². The van der Waals surface area contributed by atoms with Gasteiger partial charge in [-0.05, 0) is 42.3 Å². The van der Waals surface area contributed by atoms with Crippen molar-refractivity contribution in [2.24, 2.45) is 0 Å². The molecule has 104 valence electrons. The van der Waals surface area contributed by atoms with Gasteiger partial charge in [0.25, 0.3) is 0 Å². The molecule has 0 amide bonds. The minimum Gasteiger partial charge on any atom is -0.454 e. The molecule has 0 saturated heterocycles. The molecule has 1 aliphatic rings. The maximum Gasteiger partial charge on any atom is 0.231 e. The van der Waals surface area contributed by atoms with Crippen LogP contribution < -0.4 is 20.5 Å². The van der Waals surface area contributed by atoms with Crippen molar-refractivity contribution >= 4 is 27.3 Å². The Morgan fingerprint density at radius 1 is 1.10 bits per heavy atom. The van der Waals surface area contributed by atoms with Crippen LogP contribution in [0.5, 0.6) is 11.5 Å². The second-order valence-corrected chi connectivity index (χ2v) is 5.51. The van der Waals surface area contributed by atoms with E-state index in [0.29, 0.717) is 6.79 Å². The summed E-state index contributed by atoms with van der Waals surface area (Å²) in [6, 6.07) is 11.9. The van der Waals surface area contributed by atoms with Gasteiger partial charge in [0.05, 0.1) is 11.4 Å². The molecule has 5 heteroatoms. The number of halogens is 1. The number of nitrogen functional groups attached to an aromatic ring is 1. The fraction of sp³-hybridized carbons (Fsp3) is 0.200. The molecule has 0 unspecified atom stereocenters. The third-order valence-electron chi connectivity index (χ3n) is 3.18. The average molecular weight is 335 g/mol. The molecule has 0 fully saturated rings. The van der Waals surface area contributed by atoms with Crippen molar-refractivity contribution in [2.45, 2.75) is 6.42 Å². The molecule has 0 aromatic heterocycles. The zero-order valence-electron chi connectivity index (χ0n) is 10.9. The maximum absolute atomic E-state index is 5.95. The lowest BCUT2D eigenvalue weighted by molar-refractivity contribution is 0.174. The minimum atomic E-state index is 0.312. The molecule has 1 aliphatic heterocycles. The number of fused-ring (bicyclic) bond motifs is 1. The third-order valence-corrected chi connectivity index (χ3v) is 3.67. The molecule has 3 rings (SSSR count). The van der Waals surface area contributed by atoms with Crippen molar-refractivity contribution < 1.29 is 9.47 Å². The molecule has 0 saturated carbocycles. The van der Waals surface area contributed by atoms with Crippen LogP contribution in [0.15, 0.2) is 40.9 Å². The summed E-state index contributed by atoms with van der Waals surface area (Å²) in [7, 11) is 0. The lowest BCUT2D eigenvalue weighted by Crippen LogP contribution is -2.06. The minimum absolute atomic E-state index is 0.312. The number of rotatable bonds is 4. The Morgan fingerprint density at radius 2 is 1.95 bits per heavy atom. The summed E-state index contributed by atoms with van der Waals surface area (Å²) in [6.45, 7) is 1.12. The Bertz CT molecular complexity index is 631. The summed E-state index contributed by atoms with van der Waals surface area (Å²) in [6.07, 6.45) is 0.895. The highest BCUT2D eigenvalue weighted by atomic mass is 79.9. The summed E-state index contributed by atoms with van der Waals surface area (Å²) < 4.78 is 11.6. The van der Waals surface area contributed by atoms with E-state index in [4.69, 9.17) is 15.2 Å². The highest BCUT2D eigenvalue weighted by Gasteiger charge is 2.12. The fourth-order valence-electron chi connectivity index (χ4n) is 2.13. The maximum atomic E-state index is 5.95. The molecule has 3 N–H and O–H groups in total. The summed E-state index contributed by atoms with van der Waals surface area (Å²) >= 11 is 3.40. The van der Waals surface area contributed by atoms with Gasteiger partial charge in [0.1, 0.15) is 0 Å². The quantitative estimate of drug-likeness (QED) is 0.841. The van der Waals surface area contributed by atoms with E-state index in [9.17, 15) is 0 Å². The molecule has 4 nitrogen and oxygen atoms in total. The SMILES string of the molecule is Nc1cc(Br)ccc1NCCc1ccc2c(c1)OCO2. The van der Waals surface area contributed by atoms with E-state index in [2.05, 4.69) is 27.3 Å². The second-order valence-electron chi connectivity index (χ2n) is 4.60. The first kappa shape index (κ1) is 13.1. The van der Waals surface area contributed by atoms with Crippen LogP contribution in [0.2, 0.25) is 0 Å². The Hall–Kier alpha value is -1.88. The van der Waals surface area contributed by atoms with E-state index >= 15 is 0 Å². The molecular weight excluding hydrogens is 320 g/mol. The van der Waals surface area contributed by atoms with Crippen molar-refractivity contribution in [1.82, 2.24) is 0 Å². The molecule has 2 aromatic carbocycles. The molecule has 20 heavy (non-hydrogen) atoms. The van der Waals surface area contributed by atoms with Gasteiger partial charge in [-0.2, -0.15) is 0 Å². The zero-order valence-corrected chi connectivity index (χ0v) is 12.4. The number of benzene rings is 2. The number of ether oxygens (including phenoxy) is 2. The Labute approximate surface area is 126 Å². The highest BCUT2D eigenvalue weighted by molar-refractivity contribution is 9.10. The molecule has 2 aromatic rings. The van der Waals surface area contributed by atoms with Gasteiger partial charge in [-0.25, -0.2) is 0 Å². The zero-order chi connectivity index (χ0) is 13.9. The molecule has 1 heterocycles. The number of anilines is 2. The Balaban J connectivity index is 1.60. The average Bonchev–Trinajstić information content (AvgIpc) is 2.89. The predicted molar refractivity (Wildman–Crippen MR) is 83.3 cm³/mol. The van der Waals surface area contributed by atoms with Gasteiger partial charge in [0.15, 0.2) is 11.5 Å². The van der Waals surface area contributed by atoms with Gasteiger partial charge in [-0.1, -0.05) is 22.0 Å². The lowest BCUT2D eigenvalue weighted by Gasteiger charge is -2.10. The topological polar surface area (TPSA) is 56.5 Å². The molecule has 0 spiro atoms.